The van der Waals surface area contributed by atoms with Crippen LogP contribution >= 0.6 is 45.2 Å². The van der Waals surface area contributed by atoms with Gasteiger partial charge in [0, 0.05) is 7.14 Å². The minimum atomic E-state index is 0.507. The highest BCUT2D eigenvalue weighted by Gasteiger charge is 2.18. The van der Waals surface area contributed by atoms with E-state index < -0.39 is 0 Å². The fourth-order valence-corrected chi connectivity index (χ4v) is 3.61. The van der Waals surface area contributed by atoms with E-state index >= 15 is 0 Å². The summed E-state index contributed by atoms with van der Waals surface area (Å²) in [5, 5.41) is 0. The van der Waals surface area contributed by atoms with Crippen molar-refractivity contribution in [3.05, 3.63) is 37.1 Å². The lowest BCUT2D eigenvalue weighted by molar-refractivity contribution is 0.566. The van der Waals surface area contributed by atoms with Gasteiger partial charge in [-0.25, -0.2) is 15.0 Å². The molecule has 3 aromatic rings. The van der Waals surface area contributed by atoms with E-state index in [4.69, 9.17) is 8.83 Å². The number of aromatic nitrogens is 3. The molecule has 3 aromatic heterocycles. The maximum Gasteiger partial charge on any atom is 0.246 e. The number of nitrogens with zero attached hydrogens (tertiary/aromatic N) is 3. The molecule has 0 amide bonds. The van der Waals surface area contributed by atoms with Crippen molar-refractivity contribution in [1.82, 2.24) is 15.0 Å². The van der Waals surface area contributed by atoms with E-state index in [-0.39, 0.29) is 0 Å². The van der Waals surface area contributed by atoms with Crippen LogP contribution in [0, 0.1) is 21.0 Å². The smallest absolute Gasteiger partial charge is 0.246 e. The third kappa shape index (κ3) is 2.60. The summed E-state index contributed by atoms with van der Waals surface area (Å²) in [6.07, 6.45) is 3.22. The SMILES string of the molecule is Cc1coc(-c2nc(-c3nc(C)co3)c(I)cc2I)n1. The molecule has 7 heteroatoms. The quantitative estimate of drug-likeness (QED) is 0.501. The van der Waals surface area contributed by atoms with E-state index in [0.29, 0.717) is 23.2 Å². The van der Waals surface area contributed by atoms with Crippen molar-refractivity contribution in [1.29, 1.82) is 0 Å². The second-order valence-electron chi connectivity index (χ2n) is 4.24. The van der Waals surface area contributed by atoms with Gasteiger partial charge in [0.15, 0.2) is 0 Å². The number of pyridine rings is 1. The zero-order valence-electron chi connectivity index (χ0n) is 10.6. The first-order valence-electron chi connectivity index (χ1n) is 5.75. The first-order valence-corrected chi connectivity index (χ1v) is 7.91. The molecular formula is C13H9I2N3O2. The molecule has 102 valence electrons. The summed E-state index contributed by atoms with van der Waals surface area (Å²) in [6.45, 7) is 3.76. The highest BCUT2D eigenvalue weighted by atomic mass is 127. The summed E-state index contributed by atoms with van der Waals surface area (Å²) in [4.78, 5) is 13.3. The average molecular weight is 493 g/mol. The van der Waals surface area contributed by atoms with Gasteiger partial charge in [0.05, 0.1) is 11.4 Å². The van der Waals surface area contributed by atoms with Crippen molar-refractivity contribution in [2.45, 2.75) is 13.8 Å². The van der Waals surface area contributed by atoms with Crippen LogP contribution in [0.3, 0.4) is 0 Å². The van der Waals surface area contributed by atoms with Gasteiger partial charge < -0.3 is 8.83 Å². The molecule has 0 aliphatic heterocycles. The minimum Gasteiger partial charge on any atom is -0.443 e. The third-order valence-corrected chi connectivity index (χ3v) is 4.22. The van der Waals surface area contributed by atoms with Crippen LogP contribution in [0.1, 0.15) is 11.4 Å². The van der Waals surface area contributed by atoms with Gasteiger partial charge in [0.2, 0.25) is 11.8 Å². The maximum absolute atomic E-state index is 5.44. The molecule has 0 spiro atoms. The fourth-order valence-electron chi connectivity index (χ4n) is 1.69. The largest absolute Gasteiger partial charge is 0.443 e. The van der Waals surface area contributed by atoms with Gasteiger partial charge in [0.1, 0.15) is 23.9 Å². The molecule has 0 aliphatic carbocycles. The highest BCUT2D eigenvalue weighted by molar-refractivity contribution is 14.1. The maximum atomic E-state index is 5.44. The Labute approximate surface area is 142 Å². The monoisotopic (exact) mass is 493 g/mol. The molecule has 20 heavy (non-hydrogen) atoms. The lowest BCUT2D eigenvalue weighted by atomic mass is 10.3. The van der Waals surface area contributed by atoms with Gasteiger partial charge in [-0.3, -0.25) is 0 Å². The number of oxazole rings is 2. The molecule has 0 atom stereocenters. The summed E-state index contributed by atoms with van der Waals surface area (Å²) >= 11 is 4.44. The number of hydrogen-bond donors (Lipinski definition) is 0. The van der Waals surface area contributed by atoms with Crippen molar-refractivity contribution in [2.75, 3.05) is 0 Å². The lowest BCUT2D eigenvalue weighted by Gasteiger charge is -2.04. The predicted molar refractivity (Wildman–Crippen MR) is 90.1 cm³/mol. The van der Waals surface area contributed by atoms with Crippen LogP contribution in [0.15, 0.2) is 27.4 Å². The highest BCUT2D eigenvalue weighted by Crippen LogP contribution is 2.30. The number of aryl methyl sites for hydroxylation is 2. The second kappa shape index (κ2) is 5.43. The zero-order valence-corrected chi connectivity index (χ0v) is 15.0. The number of halogens is 2. The van der Waals surface area contributed by atoms with Gasteiger partial charge in [-0.15, -0.1) is 0 Å². The van der Waals surface area contributed by atoms with E-state index in [1.165, 1.54) is 0 Å². The van der Waals surface area contributed by atoms with E-state index in [2.05, 4.69) is 60.1 Å². The Morgan fingerprint density at radius 2 is 1.25 bits per heavy atom. The minimum absolute atomic E-state index is 0.507. The van der Waals surface area contributed by atoms with Crippen LogP contribution < -0.4 is 0 Å². The summed E-state index contributed by atoms with van der Waals surface area (Å²) in [6, 6.07) is 2.01. The zero-order chi connectivity index (χ0) is 14.3. The summed E-state index contributed by atoms with van der Waals surface area (Å²) in [5.41, 5.74) is 3.05. The van der Waals surface area contributed by atoms with Crippen LogP contribution in [-0.4, -0.2) is 15.0 Å². The van der Waals surface area contributed by atoms with Gasteiger partial charge in [0.25, 0.3) is 0 Å². The van der Waals surface area contributed by atoms with Gasteiger partial charge in [-0.2, -0.15) is 0 Å². The number of rotatable bonds is 2. The topological polar surface area (TPSA) is 65.0 Å². The summed E-state index contributed by atoms with van der Waals surface area (Å²) < 4.78 is 12.8. The average Bonchev–Trinajstić information content (AvgIpc) is 2.99. The molecule has 3 heterocycles. The third-order valence-electron chi connectivity index (χ3n) is 2.57. The fraction of sp³-hybridized carbons (Fsp3) is 0.154. The van der Waals surface area contributed by atoms with Crippen LogP contribution in [0.2, 0.25) is 0 Å². The lowest BCUT2D eigenvalue weighted by Crippen LogP contribution is -1.96. The normalized spacial score (nSPS) is 11.0. The molecule has 0 radical (unpaired) electrons. The first-order chi connectivity index (χ1) is 9.54. The van der Waals surface area contributed by atoms with Crippen molar-refractivity contribution in [3.8, 4) is 23.2 Å². The Hall–Kier alpha value is -0.970. The van der Waals surface area contributed by atoms with Crippen molar-refractivity contribution >= 4 is 45.2 Å². The van der Waals surface area contributed by atoms with E-state index in [0.717, 1.165) is 18.5 Å². The molecule has 0 saturated heterocycles. The van der Waals surface area contributed by atoms with Crippen molar-refractivity contribution < 1.29 is 8.83 Å². The van der Waals surface area contributed by atoms with Crippen LogP contribution in [0.4, 0.5) is 0 Å². The molecule has 0 bridgehead atoms. The van der Waals surface area contributed by atoms with E-state index in [1.807, 2.05) is 19.9 Å². The molecule has 5 nitrogen and oxygen atoms in total. The molecule has 0 unspecified atom stereocenters. The van der Waals surface area contributed by atoms with Crippen molar-refractivity contribution in [2.24, 2.45) is 0 Å². The van der Waals surface area contributed by atoms with Crippen LogP contribution in [0.5, 0.6) is 0 Å². The molecule has 0 N–H and O–H groups in total. The first kappa shape index (κ1) is 14.0. The molecule has 0 aromatic carbocycles. The number of hydrogen-bond acceptors (Lipinski definition) is 5. The second-order valence-corrected chi connectivity index (χ2v) is 6.56. The van der Waals surface area contributed by atoms with E-state index in [1.54, 1.807) is 12.5 Å². The van der Waals surface area contributed by atoms with E-state index in [9.17, 15) is 0 Å². The molecule has 0 aliphatic rings. The van der Waals surface area contributed by atoms with Crippen LogP contribution in [0.25, 0.3) is 23.2 Å². The summed E-state index contributed by atoms with van der Waals surface area (Å²) in [7, 11) is 0. The molecule has 3 rings (SSSR count). The Morgan fingerprint density at radius 3 is 1.60 bits per heavy atom. The van der Waals surface area contributed by atoms with Gasteiger partial charge >= 0.3 is 0 Å². The van der Waals surface area contributed by atoms with Crippen LogP contribution in [-0.2, 0) is 0 Å². The van der Waals surface area contributed by atoms with Gasteiger partial charge in [-0.1, -0.05) is 0 Å². The predicted octanol–water partition coefficient (Wildman–Crippen LogP) is 4.22. The standard InChI is InChI=1S/C13H9I2N3O2/c1-6-4-19-12(16-6)10-8(14)3-9(15)11(18-10)13-17-7(2)5-20-13/h3-5H,1-2H3. The summed E-state index contributed by atoms with van der Waals surface area (Å²) in [5.74, 6) is 1.01. The Kier molecular flexibility index (Phi) is 3.80. The Morgan fingerprint density at radius 1 is 0.800 bits per heavy atom. The van der Waals surface area contributed by atoms with Gasteiger partial charge in [-0.05, 0) is 65.1 Å². The van der Waals surface area contributed by atoms with Crippen molar-refractivity contribution in [3.63, 3.8) is 0 Å². The Balaban J connectivity index is 2.17. The molecule has 0 saturated carbocycles. The molecule has 0 fully saturated rings. The Bertz CT molecular complexity index is 718. The molecular weight excluding hydrogens is 484 g/mol.